The molecule has 0 aliphatic rings. The molecule has 0 aliphatic heterocycles. The Morgan fingerprint density at radius 1 is 1.00 bits per heavy atom. The van der Waals surface area contributed by atoms with Crippen molar-refractivity contribution in [2.45, 2.75) is 6.10 Å². The maximum atomic E-state index is 9.41. The summed E-state index contributed by atoms with van der Waals surface area (Å²) in [5.74, 6) is 0.214. The van der Waals surface area contributed by atoms with Gasteiger partial charge < -0.3 is 15.3 Å². The molecule has 6 heteroatoms. The van der Waals surface area contributed by atoms with Crippen LogP contribution in [0.5, 0.6) is 0 Å². The van der Waals surface area contributed by atoms with Gasteiger partial charge in [-0.3, -0.25) is 0 Å². The quantitative estimate of drug-likeness (QED) is 0.590. The summed E-state index contributed by atoms with van der Waals surface area (Å²) in [6, 6.07) is 15.4. The zero-order valence-corrected chi connectivity index (χ0v) is 14.0. The molecular weight excluding hydrogens is 312 g/mol. The number of anilines is 2. The largest absolute Gasteiger partial charge is 0.390 e. The predicted octanol–water partition coefficient (Wildman–Crippen LogP) is 4.18. The van der Waals surface area contributed by atoms with E-state index in [9.17, 15) is 5.11 Å². The average Bonchev–Trinajstić information content (AvgIpc) is 2.59. The van der Waals surface area contributed by atoms with Crippen molar-refractivity contribution in [1.29, 1.82) is 0 Å². The van der Waals surface area contributed by atoms with Gasteiger partial charge in [-0.05, 0) is 48.5 Å². The van der Waals surface area contributed by atoms with Crippen LogP contribution in [-0.2, 0) is 0 Å². The smallest absolute Gasteiger partial charge is 0.0858 e. The molecule has 1 unspecified atom stereocenters. The van der Waals surface area contributed by atoms with Gasteiger partial charge in [0, 0.05) is 32.0 Å². The lowest BCUT2D eigenvalue weighted by molar-refractivity contribution is 0.211. The maximum absolute atomic E-state index is 9.41. The molecule has 0 aliphatic carbocycles. The summed E-state index contributed by atoms with van der Waals surface area (Å²) in [5.41, 5.74) is 3.61. The van der Waals surface area contributed by atoms with Gasteiger partial charge in [0.15, 0.2) is 0 Å². The minimum atomic E-state index is -0.554. The Morgan fingerprint density at radius 2 is 1.52 bits per heavy atom. The fourth-order valence-electron chi connectivity index (χ4n) is 1.87. The van der Waals surface area contributed by atoms with E-state index in [2.05, 4.69) is 15.5 Å². The molecular formula is C17H21ClN4O. The molecule has 2 rings (SSSR count). The highest BCUT2D eigenvalue weighted by atomic mass is 35.5. The van der Waals surface area contributed by atoms with Crippen LogP contribution >= 0.6 is 11.6 Å². The van der Waals surface area contributed by atoms with Crippen LogP contribution in [0.25, 0.3) is 0 Å². The summed E-state index contributed by atoms with van der Waals surface area (Å²) in [5, 5.41) is 20.9. The third-order valence-electron chi connectivity index (χ3n) is 3.23. The van der Waals surface area contributed by atoms with Gasteiger partial charge in [0.2, 0.25) is 0 Å². The number of rotatable bonds is 7. The Labute approximate surface area is 141 Å². The van der Waals surface area contributed by atoms with Gasteiger partial charge in [0.25, 0.3) is 0 Å². The second-order valence-electron chi connectivity index (χ2n) is 5.35. The van der Waals surface area contributed by atoms with Gasteiger partial charge in [-0.15, -0.1) is 11.6 Å². The van der Waals surface area contributed by atoms with Crippen molar-refractivity contribution < 1.29 is 5.11 Å². The van der Waals surface area contributed by atoms with Crippen molar-refractivity contribution in [2.75, 3.05) is 36.7 Å². The molecule has 0 saturated heterocycles. The van der Waals surface area contributed by atoms with Gasteiger partial charge in [-0.1, -0.05) is 0 Å². The number of azo groups is 1. The van der Waals surface area contributed by atoms with Crippen LogP contribution in [0.15, 0.2) is 58.8 Å². The molecule has 0 spiro atoms. The van der Waals surface area contributed by atoms with E-state index in [4.69, 9.17) is 11.6 Å². The third-order valence-corrected chi connectivity index (χ3v) is 3.59. The van der Waals surface area contributed by atoms with Gasteiger partial charge in [0.05, 0.1) is 23.4 Å². The standard InChI is InChI=1S/C17H21ClN4O/c1-22(2)16-9-7-15(8-10-16)21-20-14-5-3-13(4-6-14)19-12-17(23)11-18/h3-10,17,19,23H,11-12H2,1-2H3. The van der Waals surface area contributed by atoms with Crippen molar-refractivity contribution in [3.05, 3.63) is 48.5 Å². The number of nitrogens with zero attached hydrogens (tertiary/aromatic N) is 3. The monoisotopic (exact) mass is 332 g/mol. The van der Waals surface area contributed by atoms with Crippen LogP contribution in [0.2, 0.25) is 0 Å². The molecule has 2 aromatic rings. The highest BCUT2D eigenvalue weighted by Crippen LogP contribution is 2.22. The topological polar surface area (TPSA) is 60.2 Å². The summed E-state index contributed by atoms with van der Waals surface area (Å²) in [4.78, 5) is 2.04. The Bertz CT molecular complexity index is 626. The van der Waals surface area contributed by atoms with E-state index >= 15 is 0 Å². The number of aliphatic hydroxyl groups is 1. The molecule has 0 heterocycles. The first-order valence-electron chi connectivity index (χ1n) is 7.35. The first kappa shape index (κ1) is 17.2. The van der Waals surface area contributed by atoms with Gasteiger partial charge >= 0.3 is 0 Å². The van der Waals surface area contributed by atoms with Gasteiger partial charge in [0.1, 0.15) is 0 Å². The normalized spacial score (nSPS) is 12.3. The highest BCUT2D eigenvalue weighted by Gasteiger charge is 2.01. The predicted molar refractivity (Wildman–Crippen MR) is 96.6 cm³/mol. The number of benzene rings is 2. The molecule has 122 valence electrons. The van der Waals surface area contributed by atoms with Crippen molar-refractivity contribution >= 4 is 34.4 Å². The van der Waals surface area contributed by atoms with Crippen molar-refractivity contribution in [1.82, 2.24) is 0 Å². The van der Waals surface area contributed by atoms with Gasteiger partial charge in [-0.25, -0.2) is 0 Å². The summed E-state index contributed by atoms with van der Waals surface area (Å²) in [6.45, 7) is 0.419. The van der Waals surface area contributed by atoms with E-state index in [0.29, 0.717) is 6.54 Å². The SMILES string of the molecule is CN(C)c1ccc(N=Nc2ccc(NCC(O)CCl)cc2)cc1. The number of hydrogen-bond acceptors (Lipinski definition) is 5. The van der Waals surface area contributed by atoms with Crippen LogP contribution in [-0.4, -0.2) is 37.7 Å². The molecule has 5 nitrogen and oxygen atoms in total. The Kier molecular flexibility index (Phi) is 6.38. The minimum absolute atomic E-state index is 0.214. The van der Waals surface area contributed by atoms with Crippen molar-refractivity contribution in [3.8, 4) is 0 Å². The zero-order chi connectivity index (χ0) is 16.7. The Morgan fingerprint density at radius 3 is 2.00 bits per heavy atom. The minimum Gasteiger partial charge on any atom is -0.390 e. The van der Waals surface area contributed by atoms with E-state index < -0.39 is 6.10 Å². The fourth-order valence-corrected chi connectivity index (χ4v) is 1.98. The Hall–Kier alpha value is -2.11. The third kappa shape index (κ3) is 5.54. The number of nitrogens with one attached hydrogen (secondary N) is 1. The highest BCUT2D eigenvalue weighted by molar-refractivity contribution is 6.18. The summed E-state index contributed by atoms with van der Waals surface area (Å²) in [6.07, 6.45) is -0.554. The van der Waals surface area contributed by atoms with E-state index in [0.717, 1.165) is 22.7 Å². The van der Waals surface area contributed by atoms with Crippen LogP contribution < -0.4 is 10.2 Å². The van der Waals surface area contributed by atoms with Crippen LogP contribution in [0.1, 0.15) is 0 Å². The molecule has 0 amide bonds. The second-order valence-corrected chi connectivity index (χ2v) is 5.66. The fraction of sp³-hybridized carbons (Fsp3) is 0.294. The maximum Gasteiger partial charge on any atom is 0.0858 e. The summed E-state index contributed by atoms with van der Waals surface area (Å²) >= 11 is 5.55. The molecule has 0 radical (unpaired) electrons. The molecule has 0 bridgehead atoms. The number of aliphatic hydroxyl groups excluding tert-OH is 1. The lowest BCUT2D eigenvalue weighted by Gasteiger charge is -2.11. The zero-order valence-electron chi connectivity index (χ0n) is 13.3. The summed E-state index contributed by atoms with van der Waals surface area (Å²) < 4.78 is 0. The van der Waals surface area contributed by atoms with Crippen LogP contribution in [0, 0.1) is 0 Å². The molecule has 2 N–H and O–H groups in total. The van der Waals surface area contributed by atoms with Crippen LogP contribution in [0.3, 0.4) is 0 Å². The number of alkyl halides is 1. The molecule has 2 aromatic carbocycles. The molecule has 23 heavy (non-hydrogen) atoms. The molecule has 0 saturated carbocycles. The van der Waals surface area contributed by atoms with Crippen molar-refractivity contribution in [3.63, 3.8) is 0 Å². The first-order chi connectivity index (χ1) is 11.1. The van der Waals surface area contributed by atoms with E-state index in [1.807, 2.05) is 67.5 Å². The van der Waals surface area contributed by atoms with E-state index in [-0.39, 0.29) is 5.88 Å². The lowest BCUT2D eigenvalue weighted by Crippen LogP contribution is -2.20. The van der Waals surface area contributed by atoms with E-state index in [1.165, 1.54) is 0 Å². The lowest BCUT2D eigenvalue weighted by atomic mass is 10.2. The van der Waals surface area contributed by atoms with Gasteiger partial charge in [-0.2, -0.15) is 10.2 Å². The number of hydrogen-bond donors (Lipinski definition) is 2. The first-order valence-corrected chi connectivity index (χ1v) is 7.89. The molecule has 0 aromatic heterocycles. The van der Waals surface area contributed by atoms with Crippen molar-refractivity contribution in [2.24, 2.45) is 10.2 Å². The summed E-state index contributed by atoms with van der Waals surface area (Å²) in [7, 11) is 4.00. The van der Waals surface area contributed by atoms with E-state index in [1.54, 1.807) is 0 Å². The molecule has 0 fully saturated rings. The number of halogens is 1. The second kappa shape index (κ2) is 8.50. The van der Waals surface area contributed by atoms with Crippen LogP contribution in [0.4, 0.5) is 22.7 Å². The molecule has 1 atom stereocenters. The average molecular weight is 333 g/mol. The Balaban J connectivity index is 1.94.